The number of nitrogens with one attached hydrogen (secondary N) is 1. The normalized spacial score (nSPS) is 10.2. The zero-order chi connectivity index (χ0) is 24.6. The standard InChI is InChI=1S/C9H21N.2C8H18.H2O4S/c1-3-4-5-6-7-8-9-10-2;2*1-3-5-7-8-6-4-2;1-5(2,3)4/h10H,3-9H2,1-2H3;2*3-8H2,1-2H3;(H2,1,2,3,4). The van der Waals surface area contributed by atoms with Gasteiger partial charge in [-0.2, -0.15) is 8.42 Å². The highest BCUT2D eigenvalue weighted by molar-refractivity contribution is 7.79. The highest BCUT2D eigenvalue weighted by Gasteiger charge is 1.87. The third-order valence-corrected chi connectivity index (χ3v) is 4.69. The van der Waals surface area contributed by atoms with E-state index in [-0.39, 0.29) is 0 Å². The summed E-state index contributed by atoms with van der Waals surface area (Å²) in [5.41, 5.74) is 0. The minimum Gasteiger partial charge on any atom is -0.320 e. The van der Waals surface area contributed by atoms with Crippen molar-refractivity contribution in [2.24, 2.45) is 0 Å². The zero-order valence-electron chi connectivity index (χ0n) is 22.1. The molecule has 194 valence electrons. The fraction of sp³-hybridized carbons (Fsp3) is 1.00. The molecule has 0 aliphatic carbocycles. The molecule has 0 radical (unpaired) electrons. The predicted octanol–water partition coefficient (Wildman–Crippen LogP) is 8.65. The van der Waals surface area contributed by atoms with Gasteiger partial charge in [-0.15, -0.1) is 0 Å². The van der Waals surface area contributed by atoms with Crippen molar-refractivity contribution in [1.29, 1.82) is 0 Å². The second-order valence-electron chi connectivity index (χ2n) is 8.15. The fourth-order valence-corrected chi connectivity index (χ4v) is 2.79. The fourth-order valence-electron chi connectivity index (χ4n) is 2.79. The molecule has 6 heteroatoms. The molecule has 0 aliphatic rings. The van der Waals surface area contributed by atoms with Crippen LogP contribution in [0.15, 0.2) is 0 Å². The molecule has 0 aromatic carbocycles. The minimum atomic E-state index is -4.67. The van der Waals surface area contributed by atoms with Crippen molar-refractivity contribution >= 4 is 10.4 Å². The van der Waals surface area contributed by atoms with Gasteiger partial charge in [0.05, 0.1) is 0 Å². The van der Waals surface area contributed by atoms with E-state index in [1.807, 2.05) is 7.05 Å². The van der Waals surface area contributed by atoms with Gasteiger partial charge in [-0.25, -0.2) is 0 Å². The van der Waals surface area contributed by atoms with Crippen molar-refractivity contribution < 1.29 is 17.5 Å². The summed E-state index contributed by atoms with van der Waals surface area (Å²) < 4.78 is 31.6. The molecule has 0 spiro atoms. The average Bonchev–Trinajstić information content (AvgIpc) is 2.71. The van der Waals surface area contributed by atoms with Gasteiger partial charge in [0.2, 0.25) is 0 Å². The van der Waals surface area contributed by atoms with E-state index in [0.717, 1.165) is 0 Å². The molecule has 0 unspecified atom stereocenters. The van der Waals surface area contributed by atoms with E-state index in [2.05, 4.69) is 39.9 Å². The van der Waals surface area contributed by atoms with Crippen LogP contribution in [0.4, 0.5) is 0 Å². The van der Waals surface area contributed by atoms with E-state index in [0.29, 0.717) is 0 Å². The highest BCUT2D eigenvalue weighted by atomic mass is 32.3. The molecular formula is C25H59NO4S. The summed E-state index contributed by atoms with van der Waals surface area (Å²) in [5, 5.41) is 3.16. The maximum absolute atomic E-state index is 8.74. The molecule has 0 atom stereocenters. The lowest BCUT2D eigenvalue weighted by molar-refractivity contribution is 0.381. The molecular weight excluding hydrogens is 410 g/mol. The van der Waals surface area contributed by atoms with E-state index in [4.69, 9.17) is 17.5 Å². The lowest BCUT2D eigenvalue weighted by Gasteiger charge is -1.98. The van der Waals surface area contributed by atoms with Crippen LogP contribution < -0.4 is 5.32 Å². The summed E-state index contributed by atoms with van der Waals surface area (Å²) in [6.07, 6.45) is 25.4. The van der Waals surface area contributed by atoms with Gasteiger partial charge >= 0.3 is 10.4 Å². The first-order chi connectivity index (χ1) is 14.7. The molecule has 0 amide bonds. The van der Waals surface area contributed by atoms with Crippen molar-refractivity contribution in [3.63, 3.8) is 0 Å². The third-order valence-electron chi connectivity index (χ3n) is 4.69. The topological polar surface area (TPSA) is 86.6 Å². The van der Waals surface area contributed by atoms with Crippen LogP contribution in [0.25, 0.3) is 0 Å². The Balaban J connectivity index is -0.000000161. The summed E-state index contributed by atoms with van der Waals surface area (Å²) in [7, 11) is -2.65. The molecule has 0 heterocycles. The van der Waals surface area contributed by atoms with E-state index in [9.17, 15) is 0 Å². The Morgan fingerprint density at radius 3 is 0.871 bits per heavy atom. The van der Waals surface area contributed by atoms with Gasteiger partial charge in [0, 0.05) is 0 Å². The van der Waals surface area contributed by atoms with Crippen LogP contribution in [0, 0.1) is 0 Å². The third kappa shape index (κ3) is 81.6. The highest BCUT2D eigenvalue weighted by Crippen LogP contribution is 2.04. The number of hydrogen-bond donors (Lipinski definition) is 3. The Morgan fingerprint density at radius 1 is 0.484 bits per heavy atom. The summed E-state index contributed by atoms with van der Waals surface area (Å²) in [6, 6.07) is 0. The largest absolute Gasteiger partial charge is 0.394 e. The maximum Gasteiger partial charge on any atom is 0.394 e. The summed E-state index contributed by atoms with van der Waals surface area (Å²) in [4.78, 5) is 0. The molecule has 0 rings (SSSR count). The zero-order valence-corrected chi connectivity index (χ0v) is 22.9. The first-order valence-electron chi connectivity index (χ1n) is 13.1. The SMILES string of the molecule is CCCCCCCC.CCCCCCCC.CCCCCCCCNC.O=S(=O)(O)O. The summed E-state index contributed by atoms with van der Waals surface area (Å²) in [5.74, 6) is 0. The number of hydrogen-bond acceptors (Lipinski definition) is 3. The van der Waals surface area contributed by atoms with Crippen LogP contribution in [0.5, 0.6) is 0 Å². The Bertz CT molecular complexity index is 323. The lowest BCUT2D eigenvalue weighted by Crippen LogP contribution is -2.06. The van der Waals surface area contributed by atoms with Gasteiger partial charge in [0.1, 0.15) is 0 Å². The number of unbranched alkanes of at least 4 members (excludes halogenated alkanes) is 15. The second-order valence-corrected chi connectivity index (χ2v) is 9.04. The van der Waals surface area contributed by atoms with Crippen molar-refractivity contribution in [3.8, 4) is 0 Å². The molecule has 3 N–H and O–H groups in total. The van der Waals surface area contributed by atoms with Crippen LogP contribution in [0.1, 0.15) is 150 Å². The van der Waals surface area contributed by atoms with E-state index < -0.39 is 10.4 Å². The van der Waals surface area contributed by atoms with Crippen molar-refractivity contribution in [1.82, 2.24) is 5.32 Å². The van der Waals surface area contributed by atoms with Crippen LogP contribution in [0.2, 0.25) is 0 Å². The molecule has 0 aromatic heterocycles. The van der Waals surface area contributed by atoms with Crippen molar-refractivity contribution in [3.05, 3.63) is 0 Å². The smallest absolute Gasteiger partial charge is 0.320 e. The van der Waals surface area contributed by atoms with Crippen LogP contribution >= 0.6 is 0 Å². The molecule has 0 saturated carbocycles. The van der Waals surface area contributed by atoms with Crippen LogP contribution in [-0.2, 0) is 10.4 Å². The molecule has 0 aromatic rings. The Hall–Kier alpha value is -0.170. The van der Waals surface area contributed by atoms with Gasteiger partial charge in [-0.1, -0.05) is 144 Å². The van der Waals surface area contributed by atoms with Crippen LogP contribution in [-0.4, -0.2) is 31.1 Å². The molecule has 0 aliphatic heterocycles. The summed E-state index contributed by atoms with van der Waals surface area (Å²) >= 11 is 0. The molecule has 0 saturated heterocycles. The maximum atomic E-state index is 8.74. The average molecular weight is 470 g/mol. The van der Waals surface area contributed by atoms with Gasteiger partial charge in [-0.3, -0.25) is 9.11 Å². The molecule has 31 heavy (non-hydrogen) atoms. The quantitative estimate of drug-likeness (QED) is 0.146. The molecule has 0 bridgehead atoms. The number of rotatable bonds is 17. The van der Waals surface area contributed by atoms with Crippen molar-refractivity contribution in [2.75, 3.05) is 13.6 Å². The second kappa shape index (κ2) is 37.2. The Kier molecular flexibility index (Phi) is 45.7. The summed E-state index contributed by atoms with van der Waals surface area (Å²) in [6.45, 7) is 12.5. The minimum absolute atomic E-state index is 1.19. The Labute approximate surface area is 197 Å². The van der Waals surface area contributed by atoms with E-state index >= 15 is 0 Å². The van der Waals surface area contributed by atoms with Crippen molar-refractivity contribution in [2.45, 2.75) is 150 Å². The first kappa shape index (κ1) is 38.1. The Morgan fingerprint density at radius 2 is 0.677 bits per heavy atom. The molecule has 5 nitrogen and oxygen atoms in total. The predicted molar refractivity (Wildman–Crippen MR) is 140 cm³/mol. The molecule has 0 fully saturated rings. The lowest BCUT2D eigenvalue weighted by atomic mass is 10.1. The van der Waals surface area contributed by atoms with Gasteiger partial charge in [-0.05, 0) is 20.0 Å². The monoisotopic (exact) mass is 469 g/mol. The van der Waals surface area contributed by atoms with E-state index in [1.165, 1.54) is 122 Å². The van der Waals surface area contributed by atoms with Gasteiger partial charge in [0.25, 0.3) is 0 Å². The van der Waals surface area contributed by atoms with Gasteiger partial charge in [0.15, 0.2) is 0 Å². The van der Waals surface area contributed by atoms with Crippen LogP contribution in [0.3, 0.4) is 0 Å². The van der Waals surface area contributed by atoms with Gasteiger partial charge < -0.3 is 5.32 Å². The van der Waals surface area contributed by atoms with E-state index in [1.54, 1.807) is 0 Å². The first-order valence-corrected chi connectivity index (χ1v) is 14.5.